The molecule has 1 heterocycles. The maximum absolute atomic E-state index is 10.0. The van der Waals surface area contributed by atoms with Crippen LogP contribution in [0, 0.1) is 11.8 Å². The molecule has 3 nitrogen and oxygen atoms in total. The molecular weight excluding hydrogens is 216 g/mol. The predicted molar refractivity (Wildman–Crippen MR) is 66.4 cm³/mol. The van der Waals surface area contributed by atoms with Gasteiger partial charge in [0.25, 0.3) is 0 Å². The minimum atomic E-state index is -0.454. The highest BCUT2D eigenvalue weighted by Crippen LogP contribution is 2.34. The zero-order chi connectivity index (χ0) is 12.4. The number of fused-ring (bicyclic) bond motifs is 1. The summed E-state index contributed by atoms with van der Waals surface area (Å²) in [7, 11) is 0. The van der Waals surface area contributed by atoms with Crippen molar-refractivity contribution in [3.05, 3.63) is 23.8 Å². The topological polar surface area (TPSA) is 38.7 Å². The molecule has 2 atom stereocenters. The van der Waals surface area contributed by atoms with Crippen molar-refractivity contribution in [1.29, 1.82) is 0 Å². The molecule has 3 heteroatoms. The van der Waals surface area contributed by atoms with Crippen molar-refractivity contribution in [3.8, 4) is 11.5 Å². The van der Waals surface area contributed by atoms with Gasteiger partial charge < -0.3 is 14.6 Å². The molecule has 94 valence electrons. The normalized spacial score (nSPS) is 21.1. The monoisotopic (exact) mass is 236 g/mol. The lowest BCUT2D eigenvalue weighted by Crippen LogP contribution is -2.12. The third-order valence-corrected chi connectivity index (χ3v) is 2.99. The van der Waals surface area contributed by atoms with Crippen LogP contribution in [0.4, 0.5) is 0 Å². The molecule has 1 N–H and O–H groups in total. The van der Waals surface area contributed by atoms with Crippen LogP contribution in [0.1, 0.15) is 32.4 Å². The maximum atomic E-state index is 10.0. The van der Waals surface area contributed by atoms with Crippen LogP contribution in [0.3, 0.4) is 0 Å². The summed E-state index contributed by atoms with van der Waals surface area (Å²) in [5, 5.41) is 10.0. The summed E-state index contributed by atoms with van der Waals surface area (Å²) in [4.78, 5) is 0. The fraction of sp³-hybridized carbons (Fsp3) is 0.571. The van der Waals surface area contributed by atoms with Crippen LogP contribution in [0.15, 0.2) is 18.2 Å². The van der Waals surface area contributed by atoms with Crippen molar-refractivity contribution in [2.24, 2.45) is 11.8 Å². The molecule has 1 aliphatic heterocycles. The Hall–Kier alpha value is -1.22. The highest BCUT2D eigenvalue weighted by Gasteiger charge is 2.18. The average Bonchev–Trinajstić information content (AvgIpc) is 2.50. The van der Waals surface area contributed by atoms with Crippen LogP contribution in [-0.2, 0) is 0 Å². The van der Waals surface area contributed by atoms with Crippen LogP contribution in [0.25, 0.3) is 0 Å². The first-order chi connectivity index (χ1) is 8.08. The molecule has 2 rings (SSSR count). The van der Waals surface area contributed by atoms with Gasteiger partial charge in [0, 0.05) is 5.92 Å². The molecule has 0 spiro atoms. The molecule has 1 aliphatic rings. The summed E-state index contributed by atoms with van der Waals surface area (Å²) < 4.78 is 11.3. The van der Waals surface area contributed by atoms with Crippen LogP contribution >= 0.6 is 0 Å². The molecule has 0 fully saturated rings. The van der Waals surface area contributed by atoms with Crippen molar-refractivity contribution in [3.63, 3.8) is 0 Å². The average molecular weight is 236 g/mol. The third-order valence-electron chi connectivity index (χ3n) is 2.99. The Morgan fingerprint density at radius 2 is 1.82 bits per heavy atom. The summed E-state index contributed by atoms with van der Waals surface area (Å²) in [5.74, 6) is 2.10. The Morgan fingerprint density at radius 1 is 1.18 bits per heavy atom. The van der Waals surface area contributed by atoms with E-state index in [1.165, 1.54) is 0 Å². The van der Waals surface area contributed by atoms with Crippen LogP contribution in [0.2, 0.25) is 0 Å². The van der Waals surface area contributed by atoms with Gasteiger partial charge in [-0.05, 0) is 23.6 Å². The Balaban J connectivity index is 2.25. The van der Waals surface area contributed by atoms with E-state index in [1.807, 2.05) is 32.0 Å². The van der Waals surface area contributed by atoms with Gasteiger partial charge in [0.1, 0.15) is 0 Å². The molecule has 1 aromatic carbocycles. The second-order valence-corrected chi connectivity index (χ2v) is 5.12. The van der Waals surface area contributed by atoms with E-state index in [4.69, 9.17) is 9.47 Å². The predicted octanol–water partition coefficient (Wildman–Crippen LogP) is 2.78. The highest BCUT2D eigenvalue weighted by atomic mass is 16.5. The van der Waals surface area contributed by atoms with E-state index >= 15 is 0 Å². The van der Waals surface area contributed by atoms with Crippen molar-refractivity contribution in [1.82, 2.24) is 0 Å². The second-order valence-electron chi connectivity index (χ2n) is 5.12. The largest absolute Gasteiger partial charge is 0.489 e. The van der Waals surface area contributed by atoms with Gasteiger partial charge in [-0.3, -0.25) is 0 Å². The van der Waals surface area contributed by atoms with Crippen molar-refractivity contribution < 1.29 is 14.6 Å². The molecule has 0 saturated heterocycles. The van der Waals surface area contributed by atoms with E-state index in [1.54, 1.807) is 0 Å². The Labute approximate surface area is 102 Å². The van der Waals surface area contributed by atoms with E-state index in [0.717, 1.165) is 17.1 Å². The molecule has 0 saturated carbocycles. The molecule has 0 aromatic heterocycles. The van der Waals surface area contributed by atoms with Crippen LogP contribution in [0.5, 0.6) is 11.5 Å². The van der Waals surface area contributed by atoms with Gasteiger partial charge in [-0.25, -0.2) is 0 Å². The minimum Gasteiger partial charge on any atom is -0.489 e. The van der Waals surface area contributed by atoms with Crippen LogP contribution in [-0.4, -0.2) is 18.3 Å². The number of aliphatic hydroxyl groups is 1. The molecule has 0 amide bonds. The zero-order valence-corrected chi connectivity index (χ0v) is 10.6. The summed E-state index contributed by atoms with van der Waals surface area (Å²) in [6, 6.07) is 5.68. The van der Waals surface area contributed by atoms with E-state index in [-0.39, 0.29) is 5.92 Å². The number of hydrogen-bond donors (Lipinski definition) is 1. The van der Waals surface area contributed by atoms with Gasteiger partial charge in [0.2, 0.25) is 0 Å². The number of aliphatic hydroxyl groups excluding tert-OH is 1. The molecule has 1 aromatic rings. The van der Waals surface area contributed by atoms with Crippen molar-refractivity contribution >= 4 is 0 Å². The molecule has 0 radical (unpaired) electrons. The highest BCUT2D eigenvalue weighted by molar-refractivity contribution is 5.44. The number of benzene rings is 1. The quantitative estimate of drug-likeness (QED) is 0.858. The van der Waals surface area contributed by atoms with Gasteiger partial charge in [-0.1, -0.05) is 26.8 Å². The molecule has 0 bridgehead atoms. The standard InChI is InChI=1S/C14H20O3/c1-9(2)14(15)11-4-5-12-13(6-11)17-8-10(3)7-16-12/h4-6,9-10,14-15H,7-8H2,1-3H3. The fourth-order valence-electron chi connectivity index (χ4n) is 1.84. The van der Waals surface area contributed by atoms with E-state index in [0.29, 0.717) is 19.1 Å². The van der Waals surface area contributed by atoms with E-state index in [2.05, 4.69) is 6.92 Å². The number of hydrogen-bond acceptors (Lipinski definition) is 3. The zero-order valence-electron chi connectivity index (χ0n) is 10.6. The summed E-state index contributed by atoms with van der Waals surface area (Å²) in [5.41, 5.74) is 0.886. The Kier molecular flexibility index (Phi) is 3.57. The lowest BCUT2D eigenvalue weighted by molar-refractivity contribution is 0.126. The first-order valence-corrected chi connectivity index (χ1v) is 6.15. The van der Waals surface area contributed by atoms with Crippen LogP contribution < -0.4 is 9.47 Å². The van der Waals surface area contributed by atoms with E-state index in [9.17, 15) is 5.11 Å². The molecular formula is C14H20O3. The lowest BCUT2D eigenvalue weighted by Gasteiger charge is -2.16. The SMILES string of the molecule is CC1COc2ccc(C(O)C(C)C)cc2OC1. The van der Waals surface area contributed by atoms with Gasteiger partial charge in [-0.2, -0.15) is 0 Å². The summed E-state index contributed by atoms with van der Waals surface area (Å²) in [6.45, 7) is 7.43. The van der Waals surface area contributed by atoms with Gasteiger partial charge in [0.05, 0.1) is 19.3 Å². The first kappa shape index (κ1) is 12.2. The number of rotatable bonds is 2. The second kappa shape index (κ2) is 4.96. The summed E-state index contributed by atoms with van der Waals surface area (Å²) in [6.07, 6.45) is -0.454. The Bertz CT molecular complexity index is 387. The lowest BCUT2D eigenvalue weighted by atomic mass is 9.99. The molecule has 2 unspecified atom stereocenters. The maximum Gasteiger partial charge on any atom is 0.161 e. The fourth-order valence-corrected chi connectivity index (χ4v) is 1.84. The Morgan fingerprint density at radius 3 is 2.47 bits per heavy atom. The summed E-state index contributed by atoms with van der Waals surface area (Å²) >= 11 is 0. The third kappa shape index (κ3) is 2.72. The van der Waals surface area contributed by atoms with Crippen molar-refractivity contribution in [2.75, 3.05) is 13.2 Å². The van der Waals surface area contributed by atoms with E-state index < -0.39 is 6.10 Å². The first-order valence-electron chi connectivity index (χ1n) is 6.15. The molecule has 17 heavy (non-hydrogen) atoms. The van der Waals surface area contributed by atoms with Crippen molar-refractivity contribution in [2.45, 2.75) is 26.9 Å². The van der Waals surface area contributed by atoms with Gasteiger partial charge in [0.15, 0.2) is 11.5 Å². The smallest absolute Gasteiger partial charge is 0.161 e. The van der Waals surface area contributed by atoms with Gasteiger partial charge >= 0.3 is 0 Å². The molecule has 0 aliphatic carbocycles. The number of ether oxygens (including phenoxy) is 2. The van der Waals surface area contributed by atoms with Gasteiger partial charge in [-0.15, -0.1) is 0 Å². The minimum absolute atomic E-state index is 0.193.